The van der Waals surface area contributed by atoms with Crippen LogP contribution < -0.4 is 5.73 Å². The van der Waals surface area contributed by atoms with E-state index >= 15 is 0 Å². The molecule has 0 aromatic carbocycles. The molecule has 1 atom stereocenters. The Hall–Kier alpha value is -0.870. The van der Waals surface area contributed by atoms with E-state index in [0.29, 0.717) is 12.6 Å². The van der Waals surface area contributed by atoms with Crippen LogP contribution in [0.5, 0.6) is 0 Å². The Morgan fingerprint density at radius 3 is 2.53 bits per heavy atom. The largest absolute Gasteiger partial charge is 0.396 e. The molecular formula is C15H29N3O. The van der Waals surface area contributed by atoms with Gasteiger partial charge in [0.25, 0.3) is 0 Å². The number of hydrogen-bond donors (Lipinski definition) is 2. The zero-order valence-corrected chi connectivity index (χ0v) is 12.6. The Morgan fingerprint density at radius 1 is 1.37 bits per heavy atom. The summed E-state index contributed by atoms with van der Waals surface area (Å²) < 4.78 is 2.06. The number of hydrogen-bond acceptors (Lipinski definition) is 3. The van der Waals surface area contributed by atoms with Gasteiger partial charge in [0.1, 0.15) is 0 Å². The molecule has 1 rings (SSSR count). The molecule has 0 fully saturated rings. The number of aliphatic hydroxyl groups is 1. The Morgan fingerprint density at radius 2 is 2.05 bits per heavy atom. The van der Waals surface area contributed by atoms with E-state index in [-0.39, 0.29) is 12.0 Å². The smallest absolute Gasteiger partial charge is 0.0631 e. The second-order valence-corrected chi connectivity index (χ2v) is 5.55. The van der Waals surface area contributed by atoms with Crippen molar-refractivity contribution in [1.29, 1.82) is 0 Å². The van der Waals surface area contributed by atoms with Gasteiger partial charge >= 0.3 is 0 Å². The average Bonchev–Trinajstić information content (AvgIpc) is 2.88. The molecule has 0 spiro atoms. The van der Waals surface area contributed by atoms with Gasteiger partial charge in [0.15, 0.2) is 0 Å². The molecule has 1 unspecified atom stereocenters. The Labute approximate surface area is 117 Å². The summed E-state index contributed by atoms with van der Waals surface area (Å²) in [6, 6.07) is 2.54. The highest BCUT2D eigenvalue weighted by molar-refractivity contribution is 5.04. The molecule has 4 heteroatoms. The molecule has 0 aliphatic heterocycles. The molecule has 0 radical (unpaired) electrons. The fourth-order valence-corrected chi connectivity index (χ4v) is 2.71. The maximum Gasteiger partial charge on any atom is 0.0631 e. The molecule has 1 heterocycles. The number of aliphatic hydroxyl groups excluding tert-OH is 1. The van der Waals surface area contributed by atoms with Gasteiger partial charge in [0, 0.05) is 24.6 Å². The molecule has 3 N–H and O–H groups in total. The lowest BCUT2D eigenvalue weighted by atomic mass is 9.80. The average molecular weight is 267 g/mol. The highest BCUT2D eigenvalue weighted by atomic mass is 16.3. The number of aromatic nitrogens is 2. The van der Waals surface area contributed by atoms with Crippen LogP contribution in [0.4, 0.5) is 0 Å². The fraction of sp³-hybridized carbons (Fsp3) is 0.800. The van der Waals surface area contributed by atoms with E-state index in [9.17, 15) is 5.11 Å². The van der Waals surface area contributed by atoms with Crippen molar-refractivity contribution in [3.05, 3.63) is 18.0 Å². The lowest BCUT2D eigenvalue weighted by Gasteiger charge is -2.29. The summed E-state index contributed by atoms with van der Waals surface area (Å²) in [6.45, 7) is 7.14. The van der Waals surface area contributed by atoms with E-state index in [1.165, 1.54) is 0 Å². The molecule has 0 saturated heterocycles. The van der Waals surface area contributed by atoms with E-state index in [4.69, 9.17) is 5.73 Å². The number of nitrogens with zero attached hydrogens (tertiary/aromatic N) is 2. The maximum atomic E-state index is 9.66. The van der Waals surface area contributed by atoms with Gasteiger partial charge in [-0.3, -0.25) is 4.68 Å². The topological polar surface area (TPSA) is 64.1 Å². The van der Waals surface area contributed by atoms with E-state index in [1.54, 1.807) is 0 Å². The zero-order valence-electron chi connectivity index (χ0n) is 12.6. The standard InChI is InChI=1S/C15H29N3O/c1-4-8-15(11-16,12-19)10-13-7-9-18(17-13)14(5-2)6-3/h7,9,14,19H,4-6,8,10-12,16H2,1-3H3. The van der Waals surface area contributed by atoms with Gasteiger partial charge in [-0.05, 0) is 25.3 Å². The van der Waals surface area contributed by atoms with E-state index in [0.717, 1.165) is 37.8 Å². The molecule has 0 amide bonds. The predicted octanol–water partition coefficient (Wildman–Crippen LogP) is 2.52. The zero-order chi connectivity index (χ0) is 14.3. The van der Waals surface area contributed by atoms with Crippen molar-refractivity contribution in [3.63, 3.8) is 0 Å². The summed E-state index contributed by atoms with van der Waals surface area (Å²) in [5, 5.41) is 14.3. The molecule has 4 nitrogen and oxygen atoms in total. The number of rotatable bonds is 9. The van der Waals surface area contributed by atoms with Gasteiger partial charge in [-0.25, -0.2) is 0 Å². The van der Waals surface area contributed by atoms with Crippen LogP contribution in [0.25, 0.3) is 0 Å². The minimum absolute atomic E-state index is 0.134. The molecular weight excluding hydrogens is 238 g/mol. The minimum atomic E-state index is -0.206. The Bertz CT molecular complexity index is 354. The van der Waals surface area contributed by atoms with Crippen molar-refractivity contribution in [1.82, 2.24) is 9.78 Å². The fourth-order valence-electron chi connectivity index (χ4n) is 2.71. The van der Waals surface area contributed by atoms with E-state index in [2.05, 4.69) is 42.8 Å². The number of nitrogens with two attached hydrogens (primary N) is 1. The first-order chi connectivity index (χ1) is 9.14. The van der Waals surface area contributed by atoms with Crippen LogP contribution in [0.3, 0.4) is 0 Å². The van der Waals surface area contributed by atoms with Gasteiger partial charge in [-0.15, -0.1) is 0 Å². The van der Waals surface area contributed by atoms with Gasteiger partial charge in [-0.2, -0.15) is 5.10 Å². The summed E-state index contributed by atoms with van der Waals surface area (Å²) in [5.41, 5.74) is 6.71. The van der Waals surface area contributed by atoms with Crippen molar-refractivity contribution in [3.8, 4) is 0 Å². The first kappa shape index (κ1) is 16.2. The normalized spacial score (nSPS) is 14.8. The van der Waals surface area contributed by atoms with Gasteiger partial charge in [0.2, 0.25) is 0 Å². The van der Waals surface area contributed by atoms with Crippen molar-refractivity contribution in [2.75, 3.05) is 13.2 Å². The lowest BCUT2D eigenvalue weighted by molar-refractivity contribution is 0.119. The van der Waals surface area contributed by atoms with Crippen LogP contribution in [0, 0.1) is 5.41 Å². The van der Waals surface area contributed by atoms with Crippen molar-refractivity contribution >= 4 is 0 Å². The first-order valence-electron chi connectivity index (χ1n) is 7.49. The molecule has 19 heavy (non-hydrogen) atoms. The first-order valence-corrected chi connectivity index (χ1v) is 7.49. The van der Waals surface area contributed by atoms with Crippen LogP contribution in [0.1, 0.15) is 58.2 Å². The summed E-state index contributed by atoms with van der Waals surface area (Å²) in [4.78, 5) is 0. The molecule has 0 aliphatic rings. The minimum Gasteiger partial charge on any atom is -0.396 e. The summed E-state index contributed by atoms with van der Waals surface area (Å²) in [6.07, 6.45) is 6.98. The molecule has 110 valence electrons. The highest BCUT2D eigenvalue weighted by Crippen LogP contribution is 2.27. The van der Waals surface area contributed by atoms with Crippen LogP contribution in [0.15, 0.2) is 12.3 Å². The van der Waals surface area contributed by atoms with E-state index < -0.39 is 0 Å². The lowest BCUT2D eigenvalue weighted by Crippen LogP contribution is -2.36. The second-order valence-electron chi connectivity index (χ2n) is 5.55. The third-order valence-electron chi connectivity index (χ3n) is 4.09. The molecule has 1 aromatic heterocycles. The molecule has 1 aromatic rings. The third-order valence-corrected chi connectivity index (χ3v) is 4.09. The summed E-state index contributed by atoms with van der Waals surface area (Å²) in [5.74, 6) is 0. The molecule has 0 saturated carbocycles. The van der Waals surface area contributed by atoms with Crippen LogP contribution in [-0.2, 0) is 6.42 Å². The second kappa shape index (κ2) is 7.65. The van der Waals surface area contributed by atoms with Crippen molar-refractivity contribution in [2.45, 2.75) is 58.9 Å². The van der Waals surface area contributed by atoms with Crippen LogP contribution in [0.2, 0.25) is 0 Å². The third kappa shape index (κ3) is 4.05. The predicted molar refractivity (Wildman–Crippen MR) is 79.0 cm³/mol. The summed E-state index contributed by atoms with van der Waals surface area (Å²) >= 11 is 0. The molecule has 0 bridgehead atoms. The van der Waals surface area contributed by atoms with Gasteiger partial charge < -0.3 is 10.8 Å². The summed E-state index contributed by atoms with van der Waals surface area (Å²) in [7, 11) is 0. The Kier molecular flexibility index (Phi) is 6.52. The van der Waals surface area contributed by atoms with Gasteiger partial charge in [0.05, 0.1) is 18.3 Å². The quantitative estimate of drug-likeness (QED) is 0.722. The monoisotopic (exact) mass is 267 g/mol. The molecule has 0 aliphatic carbocycles. The SMILES string of the molecule is CCCC(CN)(CO)Cc1ccn(C(CC)CC)n1. The Balaban J connectivity index is 2.80. The van der Waals surface area contributed by atoms with Crippen molar-refractivity contribution < 1.29 is 5.11 Å². The van der Waals surface area contributed by atoms with Crippen LogP contribution >= 0.6 is 0 Å². The maximum absolute atomic E-state index is 9.66. The van der Waals surface area contributed by atoms with Crippen molar-refractivity contribution in [2.24, 2.45) is 11.1 Å². The van der Waals surface area contributed by atoms with Crippen LogP contribution in [-0.4, -0.2) is 28.0 Å². The van der Waals surface area contributed by atoms with E-state index in [1.807, 2.05) is 0 Å². The highest BCUT2D eigenvalue weighted by Gasteiger charge is 2.28. The van der Waals surface area contributed by atoms with Gasteiger partial charge in [-0.1, -0.05) is 27.2 Å².